The zero-order chi connectivity index (χ0) is 58.8. The van der Waals surface area contributed by atoms with Crippen LogP contribution in [0.3, 0.4) is 0 Å². The Morgan fingerprint density at radius 3 is 1.67 bits per heavy atom. The van der Waals surface area contributed by atoms with Crippen LogP contribution in [0.4, 0.5) is 5.69 Å². The zero-order valence-corrected chi connectivity index (χ0v) is 45.1. The smallest absolute Gasteiger partial charge is 0.311 e. The maximum absolute atomic E-state index is 13.3. The first kappa shape index (κ1) is 67.9. The highest BCUT2D eigenvalue weighted by molar-refractivity contribution is 5.96. The molecule has 0 aliphatic carbocycles. The van der Waals surface area contributed by atoms with Gasteiger partial charge in [0.15, 0.2) is 12.1 Å². The number of aliphatic hydroxyl groups is 10. The van der Waals surface area contributed by atoms with E-state index in [9.17, 15) is 80.1 Å². The second-order valence-electron chi connectivity index (χ2n) is 20.7. The van der Waals surface area contributed by atoms with Crippen molar-refractivity contribution in [3.63, 3.8) is 0 Å². The van der Waals surface area contributed by atoms with E-state index in [4.69, 9.17) is 25.7 Å². The van der Waals surface area contributed by atoms with Gasteiger partial charge in [-0.25, -0.2) is 0 Å². The van der Waals surface area contributed by atoms with Crippen LogP contribution in [0.5, 0.6) is 0 Å². The number of aliphatic carboxylic acids is 1. The minimum absolute atomic E-state index is 0.135. The molecule has 21 heteroatoms. The molecule has 2 aliphatic heterocycles. The van der Waals surface area contributed by atoms with E-state index in [2.05, 4.69) is 0 Å². The molecular weight excluding hydrogens is 1030 g/mol. The molecule has 3 rings (SSSR count). The number of carboxylic acid groups (broad SMARTS) is 1. The number of anilines is 1. The number of nitrogen functional groups attached to an aromatic ring is 1. The average molecular weight is 1110 g/mol. The molecule has 2 heterocycles. The van der Waals surface area contributed by atoms with Crippen LogP contribution >= 0.6 is 0 Å². The molecular formula is C58H84N2O19. The number of hydrogen-bond donors (Lipinski definition) is 13. The van der Waals surface area contributed by atoms with Crippen molar-refractivity contribution in [1.29, 1.82) is 0 Å². The van der Waals surface area contributed by atoms with E-state index < -0.39 is 179 Å². The van der Waals surface area contributed by atoms with Crippen molar-refractivity contribution in [2.24, 2.45) is 23.5 Å². The number of allylic oxidation sites excluding steroid dienone is 12. The Labute approximate surface area is 461 Å². The fourth-order valence-electron chi connectivity index (χ4n) is 9.23. The molecule has 0 bridgehead atoms. The molecule has 2 aliphatic rings. The number of carbonyl (C=O) groups excluding carboxylic acids is 4. The van der Waals surface area contributed by atoms with Gasteiger partial charge < -0.3 is 81.8 Å². The first-order chi connectivity index (χ1) is 37.3. The Balaban J connectivity index is 1.83. The van der Waals surface area contributed by atoms with Gasteiger partial charge in [-0.3, -0.25) is 24.0 Å². The van der Waals surface area contributed by atoms with Gasteiger partial charge in [0.2, 0.25) is 0 Å². The third-order valence-electron chi connectivity index (χ3n) is 13.6. The second-order valence-corrected chi connectivity index (χ2v) is 20.7. The summed E-state index contributed by atoms with van der Waals surface area (Å²) < 4.78 is 17.4. The summed E-state index contributed by atoms with van der Waals surface area (Å²) in [4.78, 5) is 64.3. The predicted octanol–water partition coefficient (Wildman–Crippen LogP) is 2.13. The van der Waals surface area contributed by atoms with Gasteiger partial charge in [0, 0.05) is 55.7 Å². The third kappa shape index (κ3) is 25.7. The van der Waals surface area contributed by atoms with E-state index in [-0.39, 0.29) is 30.5 Å². The largest absolute Gasteiger partial charge is 0.481 e. The lowest BCUT2D eigenvalue weighted by molar-refractivity contribution is -0.277. The van der Waals surface area contributed by atoms with Crippen LogP contribution in [-0.4, -0.2) is 177 Å². The van der Waals surface area contributed by atoms with Crippen LogP contribution in [-0.2, 0) is 33.4 Å². The van der Waals surface area contributed by atoms with E-state index in [0.29, 0.717) is 17.7 Å². The van der Waals surface area contributed by atoms with Gasteiger partial charge in [0.25, 0.3) is 0 Å². The fourth-order valence-corrected chi connectivity index (χ4v) is 9.23. The van der Waals surface area contributed by atoms with Crippen molar-refractivity contribution in [3.05, 3.63) is 115 Å². The van der Waals surface area contributed by atoms with E-state index >= 15 is 0 Å². The first-order valence-corrected chi connectivity index (χ1v) is 26.7. The minimum atomic E-state index is -1.97. The fraction of sp³-hybridized carbons (Fsp3) is 0.569. The Hall–Kier alpha value is -5.37. The van der Waals surface area contributed by atoms with Gasteiger partial charge in [-0.05, 0) is 69.2 Å². The van der Waals surface area contributed by atoms with Crippen molar-refractivity contribution in [3.8, 4) is 0 Å². The summed E-state index contributed by atoms with van der Waals surface area (Å²) in [6.07, 6.45) is 0.194. The van der Waals surface area contributed by atoms with Crippen LogP contribution in [0.25, 0.3) is 0 Å². The van der Waals surface area contributed by atoms with Gasteiger partial charge in [-0.15, -0.1) is 0 Å². The highest BCUT2D eigenvalue weighted by Gasteiger charge is 2.43. The lowest BCUT2D eigenvalue weighted by Crippen LogP contribution is -2.61. The Morgan fingerprint density at radius 2 is 1.13 bits per heavy atom. The highest BCUT2D eigenvalue weighted by Crippen LogP contribution is 2.28. The van der Waals surface area contributed by atoms with E-state index in [1.807, 2.05) is 19.9 Å². The summed E-state index contributed by atoms with van der Waals surface area (Å²) in [5, 5.41) is 117. The number of carbonyl (C=O) groups is 5. The van der Waals surface area contributed by atoms with Crippen LogP contribution < -0.4 is 11.5 Å². The number of Topliss-reactive ketones (excluding diaryl/α,β-unsaturated/α-hetero) is 3. The summed E-state index contributed by atoms with van der Waals surface area (Å²) in [6, 6.07) is 5.18. The molecule has 1 aromatic rings. The minimum Gasteiger partial charge on any atom is -0.481 e. The second kappa shape index (κ2) is 35.4. The standard InChI is InChI=1S/C58H84N2O19/c1-34-16-14-12-10-8-6-4-5-7-9-11-13-15-17-47(78-58-55(74)53(60)54(73)36(3)77-58)33-50(71)52(57(75)76)49(70)31-45(67)28-43(65)26-41(63)24-40(62)25-42(64)27-44(66)29-46(68)32-51(72)79-56(34)35(2)18-23-39(61)30-48(69)37-19-21-38(59)22-20-37/h4-17,19-22,34-36,39-43,46-47,49-50,52-56,58,61-65,68,70-71,73-74H,18,23-33,59-60H2,1-3H3,(H,75,76)/b5-4+,8-6+,9-7+,12-10+,13-11+,16-14+,17-15+/t34?,35?,36-,39?,40?,41?,42?,43?,46?,47?,49?,50?,52?,53+,54-,55+,56?,58-/m0/s1. The van der Waals surface area contributed by atoms with Crippen molar-refractivity contribution in [2.45, 2.75) is 190 Å². The van der Waals surface area contributed by atoms with Crippen LogP contribution in [0, 0.1) is 17.8 Å². The maximum atomic E-state index is 13.3. The summed E-state index contributed by atoms with van der Waals surface area (Å²) in [6.45, 7) is 5.16. The topological polar surface area (TPSA) is 388 Å². The normalized spacial score (nSPS) is 36.2. The quantitative estimate of drug-likeness (QED) is 0.0906. The van der Waals surface area contributed by atoms with Gasteiger partial charge in [0.05, 0.1) is 79.6 Å². The van der Waals surface area contributed by atoms with Crippen molar-refractivity contribution < 1.29 is 94.4 Å². The average Bonchev–Trinajstić information content (AvgIpc) is 3.35. The number of rotatable bonds is 10. The van der Waals surface area contributed by atoms with E-state index in [0.717, 1.165) is 0 Å². The number of carboxylic acids is 1. The van der Waals surface area contributed by atoms with Crippen LogP contribution in [0.15, 0.2) is 109 Å². The number of nitrogens with two attached hydrogens (primary N) is 2. The molecule has 0 radical (unpaired) electrons. The van der Waals surface area contributed by atoms with Crippen molar-refractivity contribution in [2.75, 3.05) is 5.73 Å². The zero-order valence-electron chi connectivity index (χ0n) is 45.1. The SMILES string of the molecule is CC1/C=C/C=C/C=C/C=C/C=C/C=C/C=C/C(O[C@@H]2O[C@@H](C)[C@H](O)[C@@H](N)[C@H]2O)CC(O)C(C(=O)O)C(O)CC(=O)CC(O)CC(O)CC(O)CC(O)CC(=O)CC(O)CC(=O)OC1C(C)CCC(O)CC(=O)c1ccc(N)cc1. The molecule has 1 fully saturated rings. The molecule has 21 nitrogen and oxygen atoms in total. The summed E-state index contributed by atoms with van der Waals surface area (Å²) in [7, 11) is 0. The summed E-state index contributed by atoms with van der Waals surface area (Å²) >= 11 is 0. The molecule has 79 heavy (non-hydrogen) atoms. The lowest BCUT2D eigenvalue weighted by atomic mass is 9.88. The molecule has 0 aromatic heterocycles. The van der Waals surface area contributed by atoms with Gasteiger partial charge >= 0.3 is 11.9 Å². The molecule has 0 saturated carbocycles. The van der Waals surface area contributed by atoms with Crippen molar-refractivity contribution >= 4 is 35.0 Å². The molecule has 0 amide bonds. The number of cyclic esters (lactones) is 1. The Morgan fingerprint density at radius 1 is 0.633 bits per heavy atom. The predicted molar refractivity (Wildman–Crippen MR) is 291 cm³/mol. The van der Waals surface area contributed by atoms with Crippen LogP contribution in [0.1, 0.15) is 108 Å². The monoisotopic (exact) mass is 1110 g/mol. The highest BCUT2D eigenvalue weighted by atomic mass is 16.7. The maximum Gasteiger partial charge on any atom is 0.311 e. The van der Waals surface area contributed by atoms with Crippen molar-refractivity contribution in [1.82, 2.24) is 0 Å². The molecule has 15 N–H and O–H groups in total. The first-order valence-electron chi connectivity index (χ1n) is 26.7. The Kier molecular flexibility index (Phi) is 30.4. The summed E-state index contributed by atoms with van der Waals surface area (Å²) in [5.41, 5.74) is 12.6. The molecule has 1 saturated heterocycles. The molecule has 1 aromatic carbocycles. The Bertz CT molecular complexity index is 2260. The lowest BCUT2D eigenvalue weighted by Gasteiger charge is -2.41. The van der Waals surface area contributed by atoms with Gasteiger partial charge in [-0.1, -0.05) is 98.9 Å². The molecule has 18 atom stereocenters. The van der Waals surface area contributed by atoms with Gasteiger partial charge in [-0.2, -0.15) is 0 Å². The van der Waals surface area contributed by atoms with E-state index in [1.54, 1.807) is 91.1 Å². The van der Waals surface area contributed by atoms with Gasteiger partial charge in [0.1, 0.15) is 29.7 Å². The number of ether oxygens (including phenoxy) is 3. The van der Waals surface area contributed by atoms with E-state index in [1.165, 1.54) is 19.1 Å². The number of aliphatic hydroxyl groups excluding tert-OH is 10. The number of benzene rings is 1. The number of ketones is 3. The number of esters is 1. The van der Waals surface area contributed by atoms with Crippen LogP contribution in [0.2, 0.25) is 0 Å². The summed E-state index contributed by atoms with van der Waals surface area (Å²) in [5.74, 6) is -6.88. The molecule has 440 valence electrons. The number of hydrogen-bond acceptors (Lipinski definition) is 20. The third-order valence-corrected chi connectivity index (χ3v) is 13.6. The molecule has 0 spiro atoms. The molecule has 13 unspecified atom stereocenters.